The van der Waals surface area contributed by atoms with E-state index in [0.29, 0.717) is 16.9 Å². The Balaban J connectivity index is 1.78. The summed E-state index contributed by atoms with van der Waals surface area (Å²) in [5.41, 5.74) is 8.98. The number of furan rings is 1. The Hall–Kier alpha value is -3.08. The van der Waals surface area contributed by atoms with E-state index in [0.717, 1.165) is 11.3 Å². The lowest BCUT2D eigenvalue weighted by Crippen LogP contribution is -2.13. The third-order valence-electron chi connectivity index (χ3n) is 3.05. The van der Waals surface area contributed by atoms with Crippen molar-refractivity contribution in [2.75, 3.05) is 11.1 Å². The van der Waals surface area contributed by atoms with E-state index in [1.807, 2.05) is 18.2 Å². The molecule has 0 bridgehead atoms. The van der Waals surface area contributed by atoms with E-state index in [4.69, 9.17) is 10.2 Å². The summed E-state index contributed by atoms with van der Waals surface area (Å²) in [4.78, 5) is 16.4. The molecule has 3 N–H and O–H groups in total. The topological polar surface area (TPSA) is 81.1 Å². The monoisotopic (exact) mass is 279 g/mol. The molecule has 0 fully saturated rings. The molecule has 0 aliphatic heterocycles. The second-order valence-electron chi connectivity index (χ2n) is 4.49. The summed E-state index contributed by atoms with van der Waals surface area (Å²) in [6, 6.07) is 12.4. The summed E-state index contributed by atoms with van der Waals surface area (Å²) in [5, 5.41) is 2.76. The van der Waals surface area contributed by atoms with Crippen LogP contribution in [0.5, 0.6) is 0 Å². The molecule has 2 aromatic heterocycles. The molecule has 2 heterocycles. The number of nitrogens with one attached hydrogen (secondary N) is 1. The Morgan fingerprint density at radius 3 is 2.67 bits per heavy atom. The van der Waals surface area contributed by atoms with Crippen molar-refractivity contribution in [2.45, 2.75) is 0 Å². The fourth-order valence-corrected chi connectivity index (χ4v) is 1.91. The minimum Gasteiger partial charge on any atom is -0.472 e. The van der Waals surface area contributed by atoms with Crippen LogP contribution in [0.4, 0.5) is 11.4 Å². The van der Waals surface area contributed by atoms with Crippen LogP contribution in [0.2, 0.25) is 0 Å². The fraction of sp³-hybridized carbons (Fsp3) is 0. The van der Waals surface area contributed by atoms with Crippen molar-refractivity contribution in [1.82, 2.24) is 4.98 Å². The van der Waals surface area contributed by atoms with Gasteiger partial charge in [-0.25, -0.2) is 0 Å². The summed E-state index contributed by atoms with van der Waals surface area (Å²) in [7, 11) is 0. The number of para-hydroxylation sites is 2. The van der Waals surface area contributed by atoms with Crippen LogP contribution < -0.4 is 11.1 Å². The maximum Gasteiger partial charge on any atom is 0.257 e. The van der Waals surface area contributed by atoms with Crippen LogP contribution in [0.25, 0.3) is 11.3 Å². The first-order valence-electron chi connectivity index (χ1n) is 6.38. The first-order valence-corrected chi connectivity index (χ1v) is 6.38. The summed E-state index contributed by atoms with van der Waals surface area (Å²) < 4.78 is 5.01. The lowest BCUT2D eigenvalue weighted by atomic mass is 10.2. The van der Waals surface area contributed by atoms with Gasteiger partial charge in [0.05, 0.1) is 35.2 Å². The summed E-state index contributed by atoms with van der Waals surface area (Å²) in [6.45, 7) is 0. The van der Waals surface area contributed by atoms with E-state index in [1.165, 1.54) is 6.20 Å². The molecule has 104 valence electrons. The van der Waals surface area contributed by atoms with E-state index in [-0.39, 0.29) is 5.91 Å². The smallest absolute Gasteiger partial charge is 0.257 e. The zero-order valence-electron chi connectivity index (χ0n) is 11.1. The average molecular weight is 279 g/mol. The number of hydrogen-bond acceptors (Lipinski definition) is 4. The lowest BCUT2D eigenvalue weighted by molar-refractivity contribution is 0.102. The lowest BCUT2D eigenvalue weighted by Gasteiger charge is -2.07. The molecule has 0 radical (unpaired) electrons. The maximum atomic E-state index is 12.1. The first-order chi connectivity index (χ1) is 10.2. The van der Waals surface area contributed by atoms with Crippen LogP contribution in [0, 0.1) is 0 Å². The minimum absolute atomic E-state index is 0.251. The average Bonchev–Trinajstić information content (AvgIpc) is 3.04. The molecular weight excluding hydrogens is 266 g/mol. The number of benzene rings is 1. The van der Waals surface area contributed by atoms with Gasteiger partial charge in [-0.2, -0.15) is 0 Å². The Bertz CT molecular complexity index is 749. The van der Waals surface area contributed by atoms with Gasteiger partial charge < -0.3 is 15.5 Å². The third kappa shape index (κ3) is 2.76. The summed E-state index contributed by atoms with van der Waals surface area (Å²) in [6.07, 6.45) is 4.71. The van der Waals surface area contributed by atoms with Crippen LogP contribution in [-0.4, -0.2) is 10.9 Å². The van der Waals surface area contributed by atoms with Crippen molar-refractivity contribution >= 4 is 17.3 Å². The molecule has 1 amide bonds. The molecule has 0 aliphatic rings. The summed E-state index contributed by atoms with van der Waals surface area (Å²) >= 11 is 0. The van der Waals surface area contributed by atoms with Crippen molar-refractivity contribution in [3.63, 3.8) is 0 Å². The number of pyridine rings is 1. The Morgan fingerprint density at radius 2 is 2.00 bits per heavy atom. The highest BCUT2D eigenvalue weighted by Gasteiger charge is 2.09. The number of carbonyl (C=O) groups is 1. The Morgan fingerprint density at radius 1 is 1.14 bits per heavy atom. The molecule has 3 aromatic rings. The second kappa shape index (κ2) is 5.50. The first kappa shape index (κ1) is 12.9. The molecule has 0 unspecified atom stereocenters. The minimum atomic E-state index is -0.251. The van der Waals surface area contributed by atoms with Crippen molar-refractivity contribution < 1.29 is 9.21 Å². The fourth-order valence-electron chi connectivity index (χ4n) is 1.91. The molecule has 21 heavy (non-hydrogen) atoms. The van der Waals surface area contributed by atoms with E-state index in [9.17, 15) is 4.79 Å². The number of aromatic nitrogens is 1. The van der Waals surface area contributed by atoms with Crippen LogP contribution in [0.3, 0.4) is 0 Å². The number of nitrogen functional groups attached to an aromatic ring is 1. The summed E-state index contributed by atoms with van der Waals surface area (Å²) in [5.74, 6) is -0.251. The molecule has 5 heteroatoms. The predicted octanol–water partition coefficient (Wildman–Crippen LogP) is 3.18. The van der Waals surface area contributed by atoms with Crippen molar-refractivity contribution in [3.05, 3.63) is 66.8 Å². The predicted molar refractivity (Wildman–Crippen MR) is 80.7 cm³/mol. The van der Waals surface area contributed by atoms with Gasteiger partial charge >= 0.3 is 0 Å². The van der Waals surface area contributed by atoms with Gasteiger partial charge in [-0.05, 0) is 30.3 Å². The molecule has 5 nitrogen and oxygen atoms in total. The van der Waals surface area contributed by atoms with Crippen molar-refractivity contribution in [2.24, 2.45) is 0 Å². The number of hydrogen-bond donors (Lipinski definition) is 2. The van der Waals surface area contributed by atoms with Crippen LogP contribution >= 0.6 is 0 Å². The molecule has 0 saturated carbocycles. The molecule has 0 atom stereocenters. The van der Waals surface area contributed by atoms with Gasteiger partial charge in [-0.3, -0.25) is 9.78 Å². The zero-order valence-corrected chi connectivity index (χ0v) is 11.1. The normalized spacial score (nSPS) is 10.3. The zero-order chi connectivity index (χ0) is 14.7. The Kier molecular flexibility index (Phi) is 3.39. The van der Waals surface area contributed by atoms with Gasteiger partial charge in [0.2, 0.25) is 0 Å². The highest BCUT2D eigenvalue weighted by Crippen LogP contribution is 2.19. The van der Waals surface area contributed by atoms with Gasteiger partial charge in [-0.15, -0.1) is 0 Å². The van der Waals surface area contributed by atoms with Crippen LogP contribution in [0.1, 0.15) is 10.4 Å². The number of carbonyl (C=O) groups excluding carboxylic acids is 1. The quantitative estimate of drug-likeness (QED) is 0.721. The maximum absolute atomic E-state index is 12.1. The van der Waals surface area contributed by atoms with Crippen molar-refractivity contribution in [3.8, 4) is 11.3 Å². The Labute approximate surface area is 121 Å². The molecule has 0 spiro atoms. The van der Waals surface area contributed by atoms with Gasteiger partial charge in [0.1, 0.15) is 0 Å². The molecule has 1 aromatic carbocycles. The standard InChI is InChI=1S/C16H13N3O2/c17-13-3-1-2-4-15(13)19-16(20)11-5-6-14(18-9-11)12-7-8-21-10-12/h1-10H,17H2,(H,19,20). The van der Waals surface area contributed by atoms with Gasteiger partial charge in [0, 0.05) is 11.8 Å². The molecular formula is C16H13N3O2. The SMILES string of the molecule is Nc1ccccc1NC(=O)c1ccc(-c2ccoc2)nc1. The van der Waals surface area contributed by atoms with Gasteiger partial charge in [-0.1, -0.05) is 12.1 Å². The third-order valence-corrected chi connectivity index (χ3v) is 3.05. The van der Waals surface area contributed by atoms with Gasteiger partial charge in [0.15, 0.2) is 0 Å². The number of rotatable bonds is 3. The molecule has 3 rings (SSSR count). The largest absolute Gasteiger partial charge is 0.472 e. The van der Waals surface area contributed by atoms with Gasteiger partial charge in [0.25, 0.3) is 5.91 Å². The number of nitrogens with two attached hydrogens (primary N) is 1. The highest BCUT2D eigenvalue weighted by molar-refractivity contribution is 6.05. The van der Waals surface area contributed by atoms with E-state index in [1.54, 1.807) is 36.8 Å². The highest BCUT2D eigenvalue weighted by atomic mass is 16.3. The van der Waals surface area contributed by atoms with Crippen molar-refractivity contribution in [1.29, 1.82) is 0 Å². The number of nitrogens with zero attached hydrogens (tertiary/aromatic N) is 1. The van der Waals surface area contributed by atoms with Crippen LogP contribution in [-0.2, 0) is 0 Å². The molecule has 0 saturated heterocycles. The van der Waals surface area contributed by atoms with E-state index < -0.39 is 0 Å². The van der Waals surface area contributed by atoms with E-state index in [2.05, 4.69) is 10.3 Å². The molecule has 0 aliphatic carbocycles. The number of anilines is 2. The second-order valence-corrected chi connectivity index (χ2v) is 4.49. The van der Waals surface area contributed by atoms with Crippen LogP contribution in [0.15, 0.2) is 65.6 Å². The number of amides is 1. The van der Waals surface area contributed by atoms with E-state index >= 15 is 0 Å².